The third-order valence-corrected chi connectivity index (χ3v) is 11.3. The van der Waals surface area contributed by atoms with Gasteiger partial charge in [0, 0.05) is 31.7 Å². The molecule has 1 heterocycles. The molecule has 0 aromatic heterocycles. The van der Waals surface area contributed by atoms with Gasteiger partial charge in [0.1, 0.15) is 3.53 Å². The van der Waals surface area contributed by atoms with Crippen LogP contribution in [0.1, 0.15) is 27.7 Å². The Kier molecular flexibility index (Phi) is 10.4. The van der Waals surface area contributed by atoms with Crippen molar-refractivity contribution in [1.82, 2.24) is 10.6 Å². The van der Waals surface area contributed by atoms with Gasteiger partial charge in [-0.2, -0.15) is 0 Å². The second-order valence-electron chi connectivity index (χ2n) is 9.66. The van der Waals surface area contributed by atoms with E-state index in [9.17, 15) is 9.59 Å². The van der Waals surface area contributed by atoms with E-state index in [1.54, 1.807) is 0 Å². The summed E-state index contributed by atoms with van der Waals surface area (Å²) in [5, 5.41) is 8.22. The number of benzene rings is 2. The molecule has 1 saturated heterocycles. The van der Waals surface area contributed by atoms with E-state index < -0.39 is 9.04 Å². The molecule has 1 aliphatic rings. The molecule has 3 atom stereocenters. The largest absolute Gasteiger partial charge is 0.411 e. The lowest BCUT2D eigenvalue weighted by molar-refractivity contribution is -0.138. The molecule has 0 spiro atoms. The number of nitrogens with one attached hydrogen (secondary N) is 2. The van der Waals surface area contributed by atoms with Crippen molar-refractivity contribution in [2.75, 3.05) is 18.9 Å². The molecule has 3 unspecified atom stereocenters. The van der Waals surface area contributed by atoms with Crippen molar-refractivity contribution >= 4 is 70.5 Å². The van der Waals surface area contributed by atoms with Crippen molar-refractivity contribution in [1.29, 1.82) is 0 Å². The first-order chi connectivity index (χ1) is 16.7. The van der Waals surface area contributed by atoms with Crippen LogP contribution in [0.5, 0.6) is 0 Å². The van der Waals surface area contributed by atoms with Crippen LogP contribution in [-0.2, 0) is 14.0 Å². The Labute approximate surface area is 224 Å². The minimum absolute atomic E-state index is 0.0448. The first-order valence-corrected chi connectivity index (χ1v) is 15.7. The van der Waals surface area contributed by atoms with Gasteiger partial charge >= 0.3 is 0 Å². The normalized spacial score (nSPS) is 18.5. The second kappa shape index (κ2) is 13.1. The summed E-state index contributed by atoms with van der Waals surface area (Å²) >= 11 is 8.62. The monoisotopic (exact) mass is 546 g/mol. The van der Waals surface area contributed by atoms with E-state index >= 15 is 0 Å². The number of hydrogen-bond acceptors (Lipinski definition) is 6. The molecule has 2 aromatic carbocycles. The number of carbonyl (C=O) groups is 2. The van der Waals surface area contributed by atoms with Crippen molar-refractivity contribution < 1.29 is 14.0 Å². The first kappa shape index (κ1) is 27.9. The predicted molar refractivity (Wildman–Crippen MR) is 155 cm³/mol. The zero-order valence-corrected chi connectivity index (χ0v) is 24.3. The van der Waals surface area contributed by atoms with Crippen LogP contribution in [0, 0.1) is 17.3 Å². The number of β-lactam (4-membered cyclic amide) rings is 1. The van der Waals surface area contributed by atoms with Crippen molar-refractivity contribution in [2.45, 2.75) is 33.1 Å². The van der Waals surface area contributed by atoms with Gasteiger partial charge in [-0.1, -0.05) is 105 Å². The number of thiocarbonyl (C=S) groups is 1. The molecule has 9 heteroatoms. The maximum Gasteiger partial charge on any atom is 0.239 e. The van der Waals surface area contributed by atoms with Gasteiger partial charge in [-0.15, -0.1) is 11.8 Å². The van der Waals surface area contributed by atoms with Gasteiger partial charge in [-0.05, 0) is 15.8 Å². The van der Waals surface area contributed by atoms with Crippen LogP contribution in [0.2, 0.25) is 0 Å². The molecule has 3 rings (SSSR count). The fraction of sp³-hybridized carbons (Fsp3) is 0.423. The zero-order chi connectivity index (χ0) is 25.4. The SMILES string of the molecule is CC(=O)NCCSC(=S)SC1NC(=O)C1C(CO[SiH](c1ccccc1)c1ccccc1)C(C)(C)C. The summed E-state index contributed by atoms with van der Waals surface area (Å²) in [7, 11) is -1.91. The lowest BCUT2D eigenvalue weighted by Crippen LogP contribution is -2.62. The van der Waals surface area contributed by atoms with Crippen molar-refractivity contribution in [3.8, 4) is 0 Å². The Morgan fingerprint density at radius 3 is 2.17 bits per heavy atom. The topological polar surface area (TPSA) is 67.4 Å². The highest BCUT2D eigenvalue weighted by Crippen LogP contribution is 2.42. The summed E-state index contributed by atoms with van der Waals surface area (Å²) in [6, 6.07) is 20.8. The molecule has 1 aliphatic heterocycles. The van der Waals surface area contributed by atoms with Gasteiger partial charge in [-0.3, -0.25) is 9.59 Å². The van der Waals surface area contributed by atoms with Gasteiger partial charge < -0.3 is 15.1 Å². The summed E-state index contributed by atoms with van der Waals surface area (Å²) in [5.41, 5.74) is -0.117. The Morgan fingerprint density at radius 2 is 1.69 bits per heavy atom. The summed E-state index contributed by atoms with van der Waals surface area (Å²) in [5.74, 6) is 0.605. The minimum Gasteiger partial charge on any atom is -0.411 e. The molecule has 0 aliphatic carbocycles. The predicted octanol–water partition coefficient (Wildman–Crippen LogP) is 3.16. The third-order valence-electron chi connectivity index (χ3n) is 6.03. The highest BCUT2D eigenvalue weighted by atomic mass is 32.2. The average molecular weight is 547 g/mol. The van der Waals surface area contributed by atoms with E-state index in [-0.39, 0.29) is 34.4 Å². The molecule has 188 valence electrons. The molecule has 35 heavy (non-hydrogen) atoms. The van der Waals surface area contributed by atoms with E-state index in [0.717, 1.165) is 3.53 Å². The smallest absolute Gasteiger partial charge is 0.239 e. The van der Waals surface area contributed by atoms with Crippen molar-refractivity contribution in [2.24, 2.45) is 17.3 Å². The Bertz CT molecular complexity index is 962. The van der Waals surface area contributed by atoms with Crippen LogP contribution < -0.4 is 21.0 Å². The fourth-order valence-electron chi connectivity index (χ4n) is 4.10. The molecule has 0 saturated carbocycles. The molecule has 0 bridgehead atoms. The molecule has 1 fully saturated rings. The van der Waals surface area contributed by atoms with Crippen LogP contribution in [0.15, 0.2) is 60.7 Å². The quantitative estimate of drug-likeness (QED) is 0.207. The minimum atomic E-state index is -1.91. The second-order valence-corrected chi connectivity index (χ2v) is 15.5. The Balaban J connectivity index is 1.69. The number of thioether (sulfide) groups is 2. The first-order valence-electron chi connectivity index (χ1n) is 11.8. The molecule has 2 N–H and O–H groups in total. The molecule has 2 aromatic rings. The maximum atomic E-state index is 12.8. The summed E-state index contributed by atoms with van der Waals surface area (Å²) in [6.07, 6.45) is 0. The summed E-state index contributed by atoms with van der Waals surface area (Å²) < 4.78 is 7.51. The molecular weight excluding hydrogens is 513 g/mol. The van der Waals surface area contributed by atoms with E-state index in [2.05, 4.69) is 79.9 Å². The van der Waals surface area contributed by atoms with Gasteiger partial charge in [-0.25, -0.2) is 0 Å². The Morgan fingerprint density at radius 1 is 1.11 bits per heavy atom. The van der Waals surface area contributed by atoms with E-state index in [1.807, 2.05) is 12.1 Å². The summed E-state index contributed by atoms with van der Waals surface area (Å²) in [6.45, 7) is 9.12. The molecular formula is C26H34N2O3S3Si. The van der Waals surface area contributed by atoms with E-state index in [1.165, 1.54) is 40.8 Å². The van der Waals surface area contributed by atoms with Crippen molar-refractivity contribution in [3.05, 3.63) is 60.7 Å². The number of hydrogen-bond donors (Lipinski definition) is 2. The van der Waals surface area contributed by atoms with Gasteiger partial charge in [0.2, 0.25) is 20.9 Å². The van der Waals surface area contributed by atoms with Crippen LogP contribution in [0.4, 0.5) is 0 Å². The lowest BCUT2D eigenvalue weighted by Gasteiger charge is -2.46. The van der Waals surface area contributed by atoms with E-state index in [4.69, 9.17) is 16.6 Å². The van der Waals surface area contributed by atoms with Crippen LogP contribution in [0.25, 0.3) is 0 Å². The van der Waals surface area contributed by atoms with Crippen LogP contribution in [-0.4, -0.2) is 48.7 Å². The van der Waals surface area contributed by atoms with E-state index in [0.29, 0.717) is 18.9 Å². The molecule has 2 amide bonds. The average Bonchev–Trinajstić information content (AvgIpc) is 2.81. The number of amides is 2. The van der Waals surface area contributed by atoms with Crippen molar-refractivity contribution in [3.63, 3.8) is 0 Å². The Hall–Kier alpha value is -1.65. The summed E-state index contributed by atoms with van der Waals surface area (Å²) in [4.78, 5) is 23.8. The molecule has 5 nitrogen and oxygen atoms in total. The molecule has 0 radical (unpaired) electrons. The lowest BCUT2D eigenvalue weighted by atomic mass is 9.71. The standard InChI is InChI=1S/C26H34N2O3S3Si/c1-18(29)27-15-16-33-25(32)34-24-22(23(30)28-24)21(26(2,3)4)17-31-35(19-11-7-5-8-12-19)20-13-9-6-10-14-20/h5-14,21-22,24,35H,15-17H2,1-4H3,(H,27,29)(H,28,30). The maximum absolute atomic E-state index is 12.8. The highest BCUT2D eigenvalue weighted by molar-refractivity contribution is 8.47. The number of rotatable bonds is 10. The van der Waals surface area contributed by atoms with Crippen LogP contribution in [0.3, 0.4) is 0 Å². The van der Waals surface area contributed by atoms with Crippen LogP contribution >= 0.6 is 35.7 Å². The third kappa shape index (κ3) is 8.18. The van der Waals surface area contributed by atoms with Gasteiger partial charge in [0.15, 0.2) is 0 Å². The fourth-order valence-corrected chi connectivity index (χ4v) is 9.02. The zero-order valence-electron chi connectivity index (χ0n) is 20.7. The number of carbonyl (C=O) groups excluding carboxylic acids is 2. The van der Waals surface area contributed by atoms with Gasteiger partial charge in [0.05, 0.1) is 11.3 Å². The highest BCUT2D eigenvalue weighted by Gasteiger charge is 2.49. The van der Waals surface area contributed by atoms with Gasteiger partial charge in [0.25, 0.3) is 0 Å².